The molecule has 1 aliphatic heterocycles. The standard InChI is InChI=1S/C13H19N3O/c1-10(11-5-8-14-9-6-11)16-13(17)12-4-2-3-7-15-12/h5-6,8-10,12,15H,2-4,7H2,1H3,(H,16,17)/t10?,12-/m0/s1. The lowest BCUT2D eigenvalue weighted by Gasteiger charge is -2.24. The molecule has 2 rings (SSSR count). The molecule has 2 atom stereocenters. The molecule has 4 heteroatoms. The highest BCUT2D eigenvalue weighted by molar-refractivity contribution is 5.82. The molecule has 1 unspecified atom stereocenters. The van der Waals surface area contributed by atoms with Crippen molar-refractivity contribution in [2.45, 2.75) is 38.3 Å². The maximum absolute atomic E-state index is 12.0. The van der Waals surface area contributed by atoms with Crippen LogP contribution in [0.1, 0.15) is 37.8 Å². The zero-order valence-electron chi connectivity index (χ0n) is 10.1. The lowest BCUT2D eigenvalue weighted by molar-refractivity contribution is -0.124. The third-order valence-electron chi connectivity index (χ3n) is 3.19. The van der Waals surface area contributed by atoms with Gasteiger partial charge in [-0.05, 0) is 44.0 Å². The van der Waals surface area contributed by atoms with E-state index in [2.05, 4.69) is 15.6 Å². The number of pyridine rings is 1. The maximum Gasteiger partial charge on any atom is 0.237 e. The summed E-state index contributed by atoms with van der Waals surface area (Å²) in [5, 5.41) is 6.29. The van der Waals surface area contributed by atoms with E-state index in [4.69, 9.17) is 0 Å². The molecule has 0 saturated carbocycles. The van der Waals surface area contributed by atoms with Gasteiger partial charge >= 0.3 is 0 Å². The summed E-state index contributed by atoms with van der Waals surface area (Å²) in [5.74, 6) is 0.106. The summed E-state index contributed by atoms with van der Waals surface area (Å²) in [7, 11) is 0. The summed E-state index contributed by atoms with van der Waals surface area (Å²) in [6.45, 7) is 2.94. The van der Waals surface area contributed by atoms with Gasteiger partial charge in [-0.1, -0.05) is 6.42 Å². The van der Waals surface area contributed by atoms with Crippen molar-refractivity contribution in [3.05, 3.63) is 30.1 Å². The summed E-state index contributed by atoms with van der Waals surface area (Å²) < 4.78 is 0. The first kappa shape index (κ1) is 12.0. The highest BCUT2D eigenvalue weighted by Crippen LogP contribution is 2.12. The Morgan fingerprint density at radius 1 is 1.47 bits per heavy atom. The molecular formula is C13H19N3O. The van der Waals surface area contributed by atoms with E-state index >= 15 is 0 Å². The number of amides is 1. The second-order valence-corrected chi connectivity index (χ2v) is 4.51. The van der Waals surface area contributed by atoms with Crippen molar-refractivity contribution in [3.8, 4) is 0 Å². The molecule has 1 aliphatic rings. The number of carbonyl (C=O) groups is 1. The Balaban J connectivity index is 1.89. The van der Waals surface area contributed by atoms with Crippen molar-refractivity contribution in [2.24, 2.45) is 0 Å². The molecule has 2 heterocycles. The van der Waals surface area contributed by atoms with Crippen LogP contribution in [0.4, 0.5) is 0 Å². The zero-order valence-corrected chi connectivity index (χ0v) is 10.1. The number of piperidine rings is 1. The Hall–Kier alpha value is -1.42. The van der Waals surface area contributed by atoms with Crippen LogP contribution in [0.2, 0.25) is 0 Å². The fourth-order valence-corrected chi connectivity index (χ4v) is 2.13. The molecule has 0 bridgehead atoms. The number of carbonyl (C=O) groups excluding carboxylic acids is 1. The van der Waals surface area contributed by atoms with Crippen molar-refractivity contribution >= 4 is 5.91 Å². The van der Waals surface area contributed by atoms with Crippen LogP contribution in [0.3, 0.4) is 0 Å². The van der Waals surface area contributed by atoms with Crippen LogP contribution < -0.4 is 10.6 Å². The quantitative estimate of drug-likeness (QED) is 0.829. The molecule has 0 aromatic carbocycles. The molecule has 0 spiro atoms. The van der Waals surface area contributed by atoms with E-state index in [0.717, 1.165) is 24.9 Å². The second kappa shape index (κ2) is 5.77. The fourth-order valence-electron chi connectivity index (χ4n) is 2.13. The minimum Gasteiger partial charge on any atom is -0.348 e. The predicted molar refractivity (Wildman–Crippen MR) is 66.4 cm³/mol. The first-order valence-electron chi connectivity index (χ1n) is 6.21. The highest BCUT2D eigenvalue weighted by Gasteiger charge is 2.21. The first-order valence-corrected chi connectivity index (χ1v) is 6.21. The molecule has 1 amide bonds. The van der Waals surface area contributed by atoms with Crippen molar-refractivity contribution in [1.82, 2.24) is 15.6 Å². The molecule has 92 valence electrons. The van der Waals surface area contributed by atoms with Gasteiger partial charge in [0.05, 0.1) is 12.1 Å². The van der Waals surface area contributed by atoms with Gasteiger partial charge in [0.2, 0.25) is 5.91 Å². The Morgan fingerprint density at radius 2 is 2.24 bits per heavy atom. The Labute approximate surface area is 102 Å². The Bertz CT molecular complexity index is 360. The third-order valence-corrected chi connectivity index (χ3v) is 3.19. The van der Waals surface area contributed by atoms with E-state index in [-0.39, 0.29) is 18.0 Å². The monoisotopic (exact) mass is 233 g/mol. The van der Waals surface area contributed by atoms with Crippen molar-refractivity contribution < 1.29 is 4.79 Å². The number of rotatable bonds is 3. The number of nitrogens with zero attached hydrogens (tertiary/aromatic N) is 1. The van der Waals surface area contributed by atoms with Crippen molar-refractivity contribution in [2.75, 3.05) is 6.54 Å². The van der Waals surface area contributed by atoms with Gasteiger partial charge in [0.15, 0.2) is 0 Å². The lowest BCUT2D eigenvalue weighted by atomic mass is 10.0. The third kappa shape index (κ3) is 3.27. The van der Waals surface area contributed by atoms with Crippen LogP contribution in [0.15, 0.2) is 24.5 Å². The summed E-state index contributed by atoms with van der Waals surface area (Å²) in [4.78, 5) is 16.0. The van der Waals surface area contributed by atoms with Gasteiger partial charge in [0, 0.05) is 12.4 Å². The summed E-state index contributed by atoms with van der Waals surface area (Å²) in [5.41, 5.74) is 1.09. The normalized spacial score (nSPS) is 21.8. The van der Waals surface area contributed by atoms with Crippen molar-refractivity contribution in [1.29, 1.82) is 0 Å². The molecule has 1 fully saturated rings. The van der Waals surface area contributed by atoms with E-state index in [0.29, 0.717) is 0 Å². The largest absolute Gasteiger partial charge is 0.348 e. The smallest absolute Gasteiger partial charge is 0.237 e. The summed E-state index contributed by atoms with van der Waals surface area (Å²) in [6, 6.07) is 3.88. The summed E-state index contributed by atoms with van der Waals surface area (Å²) in [6.07, 6.45) is 6.74. The number of hydrogen-bond donors (Lipinski definition) is 2. The molecule has 0 radical (unpaired) electrons. The molecule has 4 nitrogen and oxygen atoms in total. The first-order chi connectivity index (χ1) is 8.27. The van der Waals surface area contributed by atoms with Crippen LogP contribution in [-0.4, -0.2) is 23.5 Å². The molecule has 0 aliphatic carbocycles. The van der Waals surface area contributed by atoms with Gasteiger partial charge in [-0.15, -0.1) is 0 Å². The van der Waals surface area contributed by atoms with Gasteiger partial charge in [0.25, 0.3) is 0 Å². The van der Waals surface area contributed by atoms with E-state index in [1.807, 2.05) is 19.1 Å². The van der Waals surface area contributed by atoms with Gasteiger partial charge in [-0.2, -0.15) is 0 Å². The van der Waals surface area contributed by atoms with Gasteiger partial charge < -0.3 is 10.6 Å². The van der Waals surface area contributed by atoms with Gasteiger partial charge in [-0.3, -0.25) is 9.78 Å². The Morgan fingerprint density at radius 3 is 2.88 bits per heavy atom. The zero-order chi connectivity index (χ0) is 12.1. The van der Waals surface area contributed by atoms with Crippen LogP contribution >= 0.6 is 0 Å². The SMILES string of the molecule is CC(NC(=O)[C@@H]1CCCCN1)c1ccncc1. The van der Waals surface area contributed by atoms with Crippen LogP contribution in [0.5, 0.6) is 0 Å². The molecule has 1 aromatic rings. The number of aromatic nitrogens is 1. The van der Waals surface area contributed by atoms with E-state index < -0.39 is 0 Å². The van der Waals surface area contributed by atoms with Crippen LogP contribution in [0.25, 0.3) is 0 Å². The van der Waals surface area contributed by atoms with E-state index in [1.165, 1.54) is 6.42 Å². The maximum atomic E-state index is 12.0. The molecule has 2 N–H and O–H groups in total. The second-order valence-electron chi connectivity index (χ2n) is 4.51. The average Bonchev–Trinajstić information content (AvgIpc) is 2.40. The lowest BCUT2D eigenvalue weighted by Crippen LogP contribution is -2.47. The molecule has 1 saturated heterocycles. The molecule has 17 heavy (non-hydrogen) atoms. The molecular weight excluding hydrogens is 214 g/mol. The van der Waals surface area contributed by atoms with E-state index in [1.54, 1.807) is 12.4 Å². The topological polar surface area (TPSA) is 54.0 Å². The van der Waals surface area contributed by atoms with E-state index in [9.17, 15) is 4.79 Å². The summed E-state index contributed by atoms with van der Waals surface area (Å²) >= 11 is 0. The van der Waals surface area contributed by atoms with Crippen molar-refractivity contribution in [3.63, 3.8) is 0 Å². The minimum absolute atomic E-state index is 0.0203. The highest BCUT2D eigenvalue weighted by atomic mass is 16.2. The van der Waals surface area contributed by atoms with Crippen LogP contribution in [0, 0.1) is 0 Å². The Kier molecular flexibility index (Phi) is 4.09. The van der Waals surface area contributed by atoms with Gasteiger partial charge in [0.1, 0.15) is 0 Å². The minimum atomic E-state index is -0.0203. The van der Waals surface area contributed by atoms with Crippen LogP contribution in [-0.2, 0) is 4.79 Å². The fraction of sp³-hybridized carbons (Fsp3) is 0.538. The molecule has 1 aromatic heterocycles. The average molecular weight is 233 g/mol. The number of hydrogen-bond acceptors (Lipinski definition) is 3. The van der Waals surface area contributed by atoms with Gasteiger partial charge in [-0.25, -0.2) is 0 Å². The number of nitrogens with one attached hydrogen (secondary N) is 2. The predicted octanol–water partition coefficient (Wildman–Crippen LogP) is 1.40.